The largest absolute Gasteiger partial charge is 0.337 e. The number of rotatable bonds is 3. The SMILES string of the molecule is C[C@@H]1CCC[C@@H](C)N1C(=O)CCC(=O)N1[C@H](C)CCC[C@@H]1C. The molecule has 4 heteroatoms. The third-order valence-electron chi connectivity index (χ3n) is 5.52. The molecule has 2 fully saturated rings. The van der Waals surface area contributed by atoms with Crippen LogP contribution in [-0.4, -0.2) is 45.8 Å². The Hall–Kier alpha value is -1.06. The van der Waals surface area contributed by atoms with Crippen molar-refractivity contribution < 1.29 is 9.59 Å². The van der Waals surface area contributed by atoms with Gasteiger partial charge in [-0.3, -0.25) is 9.59 Å². The highest BCUT2D eigenvalue weighted by molar-refractivity contribution is 5.84. The quantitative estimate of drug-likeness (QED) is 0.802. The summed E-state index contributed by atoms with van der Waals surface area (Å²) in [5, 5.41) is 0. The van der Waals surface area contributed by atoms with E-state index in [1.807, 2.05) is 9.80 Å². The molecule has 2 aliphatic heterocycles. The van der Waals surface area contributed by atoms with Gasteiger partial charge in [-0.2, -0.15) is 0 Å². The van der Waals surface area contributed by atoms with Crippen LogP contribution in [0.25, 0.3) is 0 Å². The Labute approximate surface area is 135 Å². The lowest BCUT2D eigenvalue weighted by Crippen LogP contribution is -2.49. The van der Waals surface area contributed by atoms with E-state index in [1.54, 1.807) is 0 Å². The zero-order valence-corrected chi connectivity index (χ0v) is 14.7. The highest BCUT2D eigenvalue weighted by Crippen LogP contribution is 2.25. The Balaban J connectivity index is 1.88. The maximum absolute atomic E-state index is 12.5. The van der Waals surface area contributed by atoms with Crippen molar-refractivity contribution in [2.45, 2.75) is 103 Å². The van der Waals surface area contributed by atoms with Crippen LogP contribution in [0.15, 0.2) is 0 Å². The number of amides is 2. The summed E-state index contributed by atoms with van der Waals surface area (Å²) in [6, 6.07) is 1.27. The van der Waals surface area contributed by atoms with Gasteiger partial charge in [-0.25, -0.2) is 0 Å². The van der Waals surface area contributed by atoms with Gasteiger partial charge in [0.25, 0.3) is 0 Å². The number of carbonyl (C=O) groups is 2. The van der Waals surface area contributed by atoms with Crippen molar-refractivity contribution in [3.63, 3.8) is 0 Å². The molecule has 0 bridgehead atoms. The van der Waals surface area contributed by atoms with Gasteiger partial charge in [-0.05, 0) is 66.2 Å². The molecule has 0 N–H and O–H groups in total. The van der Waals surface area contributed by atoms with E-state index < -0.39 is 0 Å². The van der Waals surface area contributed by atoms with E-state index in [0.717, 1.165) is 25.7 Å². The average Bonchev–Trinajstić information content (AvgIpc) is 2.44. The first kappa shape index (κ1) is 17.3. The predicted molar refractivity (Wildman–Crippen MR) is 88.5 cm³/mol. The molecule has 0 aromatic heterocycles. The molecule has 22 heavy (non-hydrogen) atoms. The first-order valence-corrected chi connectivity index (χ1v) is 9.04. The zero-order chi connectivity index (χ0) is 16.3. The molecule has 0 aliphatic carbocycles. The van der Waals surface area contributed by atoms with Crippen LogP contribution >= 0.6 is 0 Å². The summed E-state index contributed by atoms with van der Waals surface area (Å²) < 4.78 is 0. The summed E-state index contributed by atoms with van der Waals surface area (Å²) in [7, 11) is 0. The molecule has 0 saturated carbocycles. The molecule has 2 heterocycles. The lowest BCUT2D eigenvalue weighted by Gasteiger charge is -2.40. The summed E-state index contributed by atoms with van der Waals surface area (Å²) in [5.41, 5.74) is 0. The highest BCUT2D eigenvalue weighted by Gasteiger charge is 2.31. The second-order valence-electron chi connectivity index (χ2n) is 7.36. The molecule has 0 unspecified atom stereocenters. The Kier molecular flexibility index (Phi) is 5.87. The lowest BCUT2D eigenvalue weighted by molar-refractivity contribution is -0.143. The maximum atomic E-state index is 12.5. The van der Waals surface area contributed by atoms with Gasteiger partial charge >= 0.3 is 0 Å². The molecule has 2 aliphatic rings. The van der Waals surface area contributed by atoms with Crippen molar-refractivity contribution in [3.8, 4) is 0 Å². The van der Waals surface area contributed by atoms with Gasteiger partial charge in [-0.15, -0.1) is 0 Å². The summed E-state index contributed by atoms with van der Waals surface area (Å²) >= 11 is 0. The fraction of sp³-hybridized carbons (Fsp3) is 0.889. The van der Waals surface area contributed by atoms with Gasteiger partial charge in [0.2, 0.25) is 11.8 Å². The molecule has 2 saturated heterocycles. The average molecular weight is 308 g/mol. The van der Waals surface area contributed by atoms with E-state index in [9.17, 15) is 9.59 Å². The van der Waals surface area contributed by atoms with E-state index in [1.165, 1.54) is 12.8 Å². The molecule has 126 valence electrons. The van der Waals surface area contributed by atoms with Crippen LogP contribution in [0, 0.1) is 0 Å². The molecular formula is C18H32N2O2. The first-order valence-electron chi connectivity index (χ1n) is 9.04. The molecule has 4 atom stereocenters. The summed E-state index contributed by atoms with van der Waals surface area (Å²) in [4.78, 5) is 29.1. The first-order chi connectivity index (χ1) is 10.4. The molecule has 0 spiro atoms. The minimum Gasteiger partial charge on any atom is -0.337 e. The third-order valence-corrected chi connectivity index (χ3v) is 5.52. The topological polar surface area (TPSA) is 40.6 Å². The number of hydrogen-bond donors (Lipinski definition) is 0. The van der Waals surface area contributed by atoms with E-state index >= 15 is 0 Å². The van der Waals surface area contributed by atoms with Crippen LogP contribution in [0.5, 0.6) is 0 Å². The number of nitrogens with zero attached hydrogens (tertiary/aromatic N) is 2. The van der Waals surface area contributed by atoms with Gasteiger partial charge in [0.15, 0.2) is 0 Å². The lowest BCUT2D eigenvalue weighted by atomic mass is 9.96. The number of carbonyl (C=O) groups excluding carboxylic acids is 2. The van der Waals surface area contributed by atoms with Gasteiger partial charge in [0, 0.05) is 37.0 Å². The van der Waals surface area contributed by atoms with E-state index in [4.69, 9.17) is 0 Å². The number of likely N-dealkylation sites (tertiary alicyclic amines) is 2. The third kappa shape index (κ3) is 3.82. The summed E-state index contributed by atoms with van der Waals surface area (Å²) in [6.45, 7) is 8.52. The van der Waals surface area contributed by atoms with Gasteiger partial charge in [-0.1, -0.05) is 0 Å². The second-order valence-corrected chi connectivity index (χ2v) is 7.36. The summed E-state index contributed by atoms with van der Waals surface area (Å²) in [6.07, 6.45) is 7.48. The van der Waals surface area contributed by atoms with Crippen molar-refractivity contribution in [3.05, 3.63) is 0 Å². The molecule has 2 amide bonds. The smallest absolute Gasteiger partial charge is 0.223 e. The van der Waals surface area contributed by atoms with Gasteiger partial charge in [0.1, 0.15) is 0 Å². The van der Waals surface area contributed by atoms with Crippen LogP contribution in [0.1, 0.15) is 79.1 Å². The van der Waals surface area contributed by atoms with Crippen molar-refractivity contribution in [1.82, 2.24) is 9.80 Å². The number of hydrogen-bond acceptors (Lipinski definition) is 2. The maximum Gasteiger partial charge on any atom is 0.223 e. The Morgan fingerprint density at radius 3 is 1.23 bits per heavy atom. The highest BCUT2D eigenvalue weighted by atomic mass is 16.2. The van der Waals surface area contributed by atoms with Crippen LogP contribution in [0.4, 0.5) is 0 Å². The van der Waals surface area contributed by atoms with Crippen LogP contribution in [0.2, 0.25) is 0 Å². The fourth-order valence-electron chi connectivity index (χ4n) is 4.30. The Morgan fingerprint density at radius 1 is 0.682 bits per heavy atom. The minimum atomic E-state index is 0.158. The molecule has 4 nitrogen and oxygen atoms in total. The second kappa shape index (κ2) is 7.47. The normalized spacial score (nSPS) is 32.9. The predicted octanol–water partition coefficient (Wildman–Crippen LogP) is 3.35. The van der Waals surface area contributed by atoms with Crippen molar-refractivity contribution in [1.29, 1.82) is 0 Å². The van der Waals surface area contributed by atoms with E-state index in [-0.39, 0.29) is 11.8 Å². The van der Waals surface area contributed by atoms with Crippen LogP contribution in [-0.2, 0) is 9.59 Å². The molecular weight excluding hydrogens is 276 g/mol. The van der Waals surface area contributed by atoms with Crippen LogP contribution in [0.3, 0.4) is 0 Å². The molecule has 2 rings (SSSR count). The monoisotopic (exact) mass is 308 g/mol. The van der Waals surface area contributed by atoms with Crippen molar-refractivity contribution in [2.24, 2.45) is 0 Å². The van der Waals surface area contributed by atoms with Gasteiger partial charge < -0.3 is 9.80 Å². The van der Waals surface area contributed by atoms with Crippen molar-refractivity contribution >= 4 is 11.8 Å². The molecule has 0 aromatic carbocycles. The summed E-state index contributed by atoms with van der Waals surface area (Å²) in [5.74, 6) is 0.315. The fourth-order valence-corrected chi connectivity index (χ4v) is 4.30. The Morgan fingerprint density at radius 2 is 0.955 bits per heavy atom. The number of piperidine rings is 2. The van der Waals surface area contributed by atoms with Crippen molar-refractivity contribution in [2.75, 3.05) is 0 Å². The minimum absolute atomic E-state index is 0.158. The van der Waals surface area contributed by atoms with Crippen LogP contribution < -0.4 is 0 Å². The standard InChI is InChI=1S/C18H32N2O2/c1-13-7-5-8-14(2)19(13)17(21)11-12-18(22)20-15(3)9-6-10-16(20)4/h13-16H,5-12H2,1-4H3/t13-,14-,15-,16+/m1/s1. The van der Waals surface area contributed by atoms with Gasteiger partial charge in [0.05, 0.1) is 0 Å². The molecule has 0 aromatic rings. The zero-order valence-electron chi connectivity index (χ0n) is 14.7. The van der Waals surface area contributed by atoms with E-state index in [2.05, 4.69) is 27.7 Å². The Bertz CT molecular complexity index is 352. The molecule has 0 radical (unpaired) electrons. The van der Waals surface area contributed by atoms with E-state index in [0.29, 0.717) is 37.0 Å².